The van der Waals surface area contributed by atoms with Crippen LogP contribution in [0, 0.1) is 12.8 Å². The van der Waals surface area contributed by atoms with E-state index in [1.165, 1.54) is 11.2 Å². The number of nitrogens with zero attached hydrogens (tertiary/aromatic N) is 3. The standard InChI is InChI=1S/C21H23FN4O3/c1-13-8-15(17-9-20(24-11-23-17)25-21(28)14-2-3-14)4-5-18(13)29-19-6-7-26(12-27)10-16(19)22/h4-5,8-9,11-12,14,16,19H,2-3,6-7,10H2,1H3,(H,23,24,25,28)/t16-,19+/m1/s1. The number of piperidine rings is 1. The van der Waals surface area contributed by atoms with Crippen molar-refractivity contribution in [2.45, 2.75) is 38.5 Å². The van der Waals surface area contributed by atoms with Crippen molar-refractivity contribution in [1.29, 1.82) is 0 Å². The van der Waals surface area contributed by atoms with Crippen LogP contribution in [0.4, 0.5) is 10.2 Å². The first-order valence-corrected chi connectivity index (χ1v) is 9.77. The Morgan fingerprint density at radius 1 is 1.28 bits per heavy atom. The number of halogens is 1. The summed E-state index contributed by atoms with van der Waals surface area (Å²) in [7, 11) is 0. The second-order valence-electron chi connectivity index (χ2n) is 7.59. The molecule has 2 aromatic rings. The number of alkyl halides is 1. The van der Waals surface area contributed by atoms with Crippen molar-refractivity contribution >= 4 is 18.1 Å². The Kier molecular flexibility index (Phi) is 5.42. The zero-order chi connectivity index (χ0) is 20.4. The molecule has 2 heterocycles. The summed E-state index contributed by atoms with van der Waals surface area (Å²) in [4.78, 5) is 32.6. The molecule has 8 heteroatoms. The van der Waals surface area contributed by atoms with E-state index in [4.69, 9.17) is 4.74 Å². The van der Waals surface area contributed by atoms with Gasteiger partial charge in [0.2, 0.25) is 12.3 Å². The van der Waals surface area contributed by atoms with Crippen molar-refractivity contribution < 1.29 is 18.7 Å². The minimum absolute atomic E-state index is 0.00372. The van der Waals surface area contributed by atoms with Crippen LogP contribution >= 0.6 is 0 Å². The number of rotatable bonds is 6. The van der Waals surface area contributed by atoms with Crippen molar-refractivity contribution in [2.75, 3.05) is 18.4 Å². The fourth-order valence-corrected chi connectivity index (χ4v) is 3.40. The number of hydrogen-bond acceptors (Lipinski definition) is 5. The summed E-state index contributed by atoms with van der Waals surface area (Å²) in [6.45, 7) is 2.44. The van der Waals surface area contributed by atoms with Crippen molar-refractivity contribution in [3.8, 4) is 17.0 Å². The number of nitrogens with one attached hydrogen (secondary N) is 1. The molecule has 2 amide bonds. The van der Waals surface area contributed by atoms with Crippen LogP contribution in [0.2, 0.25) is 0 Å². The molecule has 1 aromatic carbocycles. The lowest BCUT2D eigenvalue weighted by Crippen LogP contribution is -2.46. The molecule has 29 heavy (non-hydrogen) atoms. The summed E-state index contributed by atoms with van der Waals surface area (Å²) in [5, 5.41) is 2.82. The topological polar surface area (TPSA) is 84.4 Å². The number of aromatic nitrogens is 2. The van der Waals surface area contributed by atoms with Gasteiger partial charge >= 0.3 is 0 Å². The SMILES string of the molecule is Cc1cc(-c2cc(NC(=O)C3CC3)ncn2)ccc1O[C@H]1CCN(C=O)C[C@H]1F. The van der Waals surface area contributed by atoms with Crippen molar-refractivity contribution in [3.63, 3.8) is 0 Å². The van der Waals surface area contributed by atoms with Crippen LogP contribution in [0.25, 0.3) is 11.3 Å². The number of aryl methyl sites for hydroxylation is 1. The highest BCUT2D eigenvalue weighted by Crippen LogP contribution is 2.31. The molecule has 0 unspecified atom stereocenters. The van der Waals surface area contributed by atoms with Crippen LogP contribution in [-0.4, -0.2) is 52.6 Å². The highest BCUT2D eigenvalue weighted by atomic mass is 19.1. The van der Waals surface area contributed by atoms with Crippen LogP contribution in [0.15, 0.2) is 30.6 Å². The monoisotopic (exact) mass is 398 g/mol. The van der Waals surface area contributed by atoms with E-state index < -0.39 is 12.3 Å². The van der Waals surface area contributed by atoms with Gasteiger partial charge in [-0.1, -0.05) is 0 Å². The smallest absolute Gasteiger partial charge is 0.228 e. The third-order valence-corrected chi connectivity index (χ3v) is 5.28. The lowest BCUT2D eigenvalue weighted by Gasteiger charge is -2.32. The van der Waals surface area contributed by atoms with Crippen LogP contribution < -0.4 is 10.1 Å². The second kappa shape index (κ2) is 8.14. The van der Waals surface area contributed by atoms with E-state index in [0.29, 0.717) is 36.6 Å². The highest BCUT2D eigenvalue weighted by Gasteiger charge is 2.31. The Morgan fingerprint density at radius 2 is 2.10 bits per heavy atom. The molecule has 7 nitrogen and oxygen atoms in total. The number of carbonyl (C=O) groups is 2. The number of likely N-dealkylation sites (tertiary alicyclic amines) is 1. The lowest BCUT2D eigenvalue weighted by atomic mass is 10.0. The zero-order valence-electron chi connectivity index (χ0n) is 16.2. The van der Waals surface area contributed by atoms with Gasteiger partial charge in [-0.3, -0.25) is 9.59 Å². The fourth-order valence-electron chi connectivity index (χ4n) is 3.40. The largest absolute Gasteiger partial charge is 0.487 e. The van der Waals surface area contributed by atoms with E-state index in [2.05, 4.69) is 15.3 Å². The first-order valence-electron chi connectivity index (χ1n) is 9.77. The maximum absolute atomic E-state index is 14.3. The van der Waals surface area contributed by atoms with Gasteiger partial charge in [0.05, 0.1) is 12.2 Å². The fraction of sp³-hybridized carbons (Fsp3) is 0.429. The molecule has 1 saturated heterocycles. The summed E-state index contributed by atoms with van der Waals surface area (Å²) < 4.78 is 20.2. The molecule has 2 atom stereocenters. The summed E-state index contributed by atoms with van der Waals surface area (Å²) in [5.41, 5.74) is 2.39. The molecule has 1 N–H and O–H groups in total. The molecule has 0 bridgehead atoms. The van der Waals surface area contributed by atoms with Gasteiger partial charge in [0.25, 0.3) is 0 Å². The van der Waals surface area contributed by atoms with Crippen LogP contribution in [0.1, 0.15) is 24.8 Å². The Balaban J connectivity index is 1.46. The summed E-state index contributed by atoms with van der Waals surface area (Å²) in [6.07, 6.45) is 2.62. The molecule has 152 valence electrons. The molecule has 1 aromatic heterocycles. The average Bonchev–Trinajstić information content (AvgIpc) is 3.56. The molecule has 1 saturated carbocycles. The first kappa shape index (κ1) is 19.3. The Hall–Kier alpha value is -3.03. The maximum atomic E-state index is 14.3. The van der Waals surface area contributed by atoms with Gasteiger partial charge < -0.3 is 15.0 Å². The van der Waals surface area contributed by atoms with E-state index in [-0.39, 0.29) is 18.4 Å². The van der Waals surface area contributed by atoms with Crippen LogP contribution in [0.3, 0.4) is 0 Å². The van der Waals surface area contributed by atoms with Crippen molar-refractivity contribution in [1.82, 2.24) is 14.9 Å². The van der Waals surface area contributed by atoms with Crippen LogP contribution in [0.5, 0.6) is 5.75 Å². The van der Waals surface area contributed by atoms with E-state index in [0.717, 1.165) is 24.0 Å². The predicted molar refractivity (Wildman–Crippen MR) is 105 cm³/mol. The Morgan fingerprint density at radius 3 is 2.79 bits per heavy atom. The molecule has 2 fully saturated rings. The average molecular weight is 398 g/mol. The van der Waals surface area contributed by atoms with E-state index in [9.17, 15) is 14.0 Å². The molecular formula is C21H23FN4O3. The maximum Gasteiger partial charge on any atom is 0.228 e. The molecular weight excluding hydrogens is 375 g/mol. The molecule has 4 rings (SSSR count). The quantitative estimate of drug-likeness (QED) is 0.757. The first-order chi connectivity index (χ1) is 14.0. The minimum atomic E-state index is -1.22. The van der Waals surface area contributed by atoms with Crippen molar-refractivity contribution in [2.24, 2.45) is 5.92 Å². The summed E-state index contributed by atoms with van der Waals surface area (Å²) in [6, 6.07) is 7.30. The minimum Gasteiger partial charge on any atom is -0.487 e. The highest BCUT2D eigenvalue weighted by molar-refractivity contribution is 5.93. The molecule has 1 aliphatic carbocycles. The van der Waals surface area contributed by atoms with Gasteiger partial charge in [-0.25, -0.2) is 14.4 Å². The predicted octanol–water partition coefficient (Wildman–Crippen LogP) is 2.75. The number of anilines is 1. The molecule has 1 aliphatic heterocycles. The van der Waals surface area contributed by atoms with E-state index in [1.54, 1.807) is 12.1 Å². The van der Waals surface area contributed by atoms with Gasteiger partial charge in [0, 0.05) is 30.5 Å². The number of amides is 2. The van der Waals surface area contributed by atoms with E-state index >= 15 is 0 Å². The van der Waals surface area contributed by atoms with Gasteiger partial charge in [-0.15, -0.1) is 0 Å². The van der Waals surface area contributed by atoms with Gasteiger partial charge in [0.1, 0.15) is 24.0 Å². The Labute approximate surface area is 168 Å². The van der Waals surface area contributed by atoms with Gasteiger partial charge in [-0.05, 0) is 43.5 Å². The Bertz CT molecular complexity index is 919. The van der Waals surface area contributed by atoms with E-state index in [1.807, 2.05) is 19.1 Å². The number of benzene rings is 1. The zero-order valence-corrected chi connectivity index (χ0v) is 16.2. The second-order valence-corrected chi connectivity index (χ2v) is 7.59. The molecule has 2 aliphatic rings. The van der Waals surface area contributed by atoms with Crippen LogP contribution in [-0.2, 0) is 9.59 Å². The van der Waals surface area contributed by atoms with Crippen molar-refractivity contribution in [3.05, 3.63) is 36.2 Å². The molecule has 0 spiro atoms. The van der Waals surface area contributed by atoms with Gasteiger partial charge in [-0.2, -0.15) is 0 Å². The number of ether oxygens (including phenoxy) is 1. The summed E-state index contributed by atoms with van der Waals surface area (Å²) >= 11 is 0. The lowest BCUT2D eigenvalue weighted by molar-refractivity contribution is -0.121. The number of carbonyl (C=O) groups excluding carboxylic acids is 2. The normalized spacial score (nSPS) is 21.5. The number of hydrogen-bond donors (Lipinski definition) is 1. The third-order valence-electron chi connectivity index (χ3n) is 5.28. The van der Waals surface area contributed by atoms with Gasteiger partial charge in [0.15, 0.2) is 6.17 Å². The summed E-state index contributed by atoms with van der Waals surface area (Å²) in [5.74, 6) is 1.19. The molecule has 0 radical (unpaired) electrons. The third kappa shape index (κ3) is 4.52.